The lowest BCUT2D eigenvalue weighted by molar-refractivity contribution is 0.402. The number of ether oxygens (including phenoxy) is 1. The van der Waals surface area contributed by atoms with E-state index in [-0.39, 0.29) is 10.9 Å². The first-order chi connectivity index (χ1) is 8.06. The third-order valence-electron chi connectivity index (χ3n) is 2.57. The number of methoxy groups -OCH3 is 1. The molecule has 0 atom stereocenters. The van der Waals surface area contributed by atoms with Crippen LogP contribution in [0.2, 0.25) is 0 Å². The van der Waals surface area contributed by atoms with E-state index in [4.69, 9.17) is 16.3 Å². The Labute approximate surface area is 106 Å². The Kier molecular flexibility index (Phi) is 3.61. The van der Waals surface area contributed by atoms with Gasteiger partial charge in [-0.1, -0.05) is 6.07 Å². The second-order valence-corrected chi connectivity index (χ2v) is 5.96. The Balaban J connectivity index is 2.36. The van der Waals surface area contributed by atoms with Crippen LogP contribution in [0.5, 0.6) is 5.75 Å². The minimum Gasteiger partial charge on any atom is -0.495 e. The van der Waals surface area contributed by atoms with Gasteiger partial charge in [-0.2, -0.15) is 0 Å². The normalized spacial score (nSPS) is 15.9. The van der Waals surface area contributed by atoms with Gasteiger partial charge in [0.05, 0.1) is 7.11 Å². The molecule has 1 aromatic rings. The Morgan fingerprint density at radius 3 is 2.71 bits per heavy atom. The molecule has 4 nitrogen and oxygen atoms in total. The molecule has 17 heavy (non-hydrogen) atoms. The molecule has 1 aromatic carbocycles. The summed E-state index contributed by atoms with van der Waals surface area (Å²) in [4.78, 5) is 0.167. The van der Waals surface area contributed by atoms with Crippen molar-refractivity contribution in [2.45, 2.75) is 29.7 Å². The number of halogens is 1. The van der Waals surface area contributed by atoms with Crippen LogP contribution in [0.25, 0.3) is 0 Å². The smallest absolute Gasteiger partial charge is 0.244 e. The molecule has 2 rings (SSSR count). The van der Waals surface area contributed by atoms with Crippen LogP contribution in [0.1, 0.15) is 18.4 Å². The molecule has 1 aliphatic rings. The predicted molar refractivity (Wildman–Crippen MR) is 65.9 cm³/mol. The number of nitrogens with one attached hydrogen (secondary N) is 1. The van der Waals surface area contributed by atoms with Gasteiger partial charge in [-0.15, -0.1) is 11.6 Å². The van der Waals surface area contributed by atoms with Gasteiger partial charge in [0.25, 0.3) is 0 Å². The molecule has 0 unspecified atom stereocenters. The summed E-state index contributed by atoms with van der Waals surface area (Å²) in [6.45, 7) is 0. The molecule has 0 amide bonds. The molecule has 0 bridgehead atoms. The lowest BCUT2D eigenvalue weighted by Gasteiger charge is -2.11. The lowest BCUT2D eigenvalue weighted by atomic mass is 10.2. The molecular weight excluding hydrogens is 262 g/mol. The van der Waals surface area contributed by atoms with Gasteiger partial charge in [-0.25, -0.2) is 13.1 Å². The highest BCUT2D eigenvalue weighted by atomic mass is 35.5. The Bertz CT molecular complexity index is 511. The van der Waals surface area contributed by atoms with Crippen molar-refractivity contribution < 1.29 is 13.2 Å². The van der Waals surface area contributed by atoms with Gasteiger partial charge in [0.2, 0.25) is 10.0 Å². The molecule has 0 aromatic heterocycles. The average Bonchev–Trinajstić information content (AvgIpc) is 3.11. The van der Waals surface area contributed by atoms with Crippen LogP contribution in [-0.2, 0) is 15.9 Å². The molecular formula is C11H14ClNO3S. The van der Waals surface area contributed by atoms with Crippen molar-refractivity contribution in [2.75, 3.05) is 7.11 Å². The van der Waals surface area contributed by atoms with Crippen molar-refractivity contribution in [1.82, 2.24) is 4.72 Å². The van der Waals surface area contributed by atoms with E-state index >= 15 is 0 Å². The highest BCUT2D eigenvalue weighted by molar-refractivity contribution is 7.89. The van der Waals surface area contributed by atoms with E-state index in [0.29, 0.717) is 11.6 Å². The molecule has 0 radical (unpaired) electrons. The number of rotatable bonds is 5. The maximum Gasteiger partial charge on any atom is 0.244 e. The van der Waals surface area contributed by atoms with Crippen molar-refractivity contribution in [3.8, 4) is 5.75 Å². The second-order valence-electron chi connectivity index (χ2n) is 4.01. The second kappa shape index (κ2) is 4.84. The van der Waals surface area contributed by atoms with Gasteiger partial charge in [0, 0.05) is 11.9 Å². The van der Waals surface area contributed by atoms with E-state index in [2.05, 4.69) is 4.72 Å². The number of hydrogen-bond donors (Lipinski definition) is 1. The van der Waals surface area contributed by atoms with Crippen LogP contribution in [0.3, 0.4) is 0 Å². The monoisotopic (exact) mass is 275 g/mol. The summed E-state index contributed by atoms with van der Waals surface area (Å²) in [7, 11) is -2.03. The van der Waals surface area contributed by atoms with E-state index < -0.39 is 10.0 Å². The van der Waals surface area contributed by atoms with Crippen molar-refractivity contribution in [3.05, 3.63) is 23.8 Å². The first kappa shape index (κ1) is 12.7. The molecule has 1 fully saturated rings. The number of alkyl halides is 1. The predicted octanol–water partition coefficient (Wildman–Crippen LogP) is 1.87. The van der Waals surface area contributed by atoms with Gasteiger partial charge >= 0.3 is 0 Å². The minimum atomic E-state index is -3.48. The van der Waals surface area contributed by atoms with Gasteiger partial charge in [0.1, 0.15) is 10.6 Å². The molecule has 0 heterocycles. The molecule has 1 saturated carbocycles. The quantitative estimate of drug-likeness (QED) is 0.835. The highest BCUT2D eigenvalue weighted by Gasteiger charge is 2.29. The van der Waals surface area contributed by atoms with Gasteiger partial charge in [-0.3, -0.25) is 0 Å². The summed E-state index contributed by atoms with van der Waals surface area (Å²) in [5, 5.41) is 0. The van der Waals surface area contributed by atoms with E-state index in [1.54, 1.807) is 12.1 Å². The van der Waals surface area contributed by atoms with Crippen LogP contribution >= 0.6 is 11.6 Å². The molecule has 0 saturated heterocycles. The summed E-state index contributed by atoms with van der Waals surface area (Å²) in [6.07, 6.45) is 1.81. The van der Waals surface area contributed by atoms with Crippen molar-refractivity contribution in [3.63, 3.8) is 0 Å². The zero-order valence-corrected chi connectivity index (χ0v) is 11.0. The molecule has 1 N–H and O–H groups in total. The van der Waals surface area contributed by atoms with E-state index in [1.165, 1.54) is 13.2 Å². The summed E-state index contributed by atoms with van der Waals surface area (Å²) in [5.74, 6) is 0.656. The summed E-state index contributed by atoms with van der Waals surface area (Å²) < 4.78 is 31.8. The maximum atomic E-state index is 12.0. The molecule has 1 aliphatic carbocycles. The fraction of sp³-hybridized carbons (Fsp3) is 0.455. The van der Waals surface area contributed by atoms with Gasteiger partial charge < -0.3 is 4.74 Å². The largest absolute Gasteiger partial charge is 0.495 e. The first-order valence-electron chi connectivity index (χ1n) is 5.32. The highest BCUT2D eigenvalue weighted by Crippen LogP contribution is 2.28. The van der Waals surface area contributed by atoms with E-state index in [9.17, 15) is 8.42 Å². The minimum absolute atomic E-state index is 0.0809. The van der Waals surface area contributed by atoms with Crippen LogP contribution in [0.4, 0.5) is 0 Å². The standard InChI is InChI=1S/C11H14ClNO3S/c1-16-10-6-8(7-12)2-5-11(10)17(14,15)13-9-3-4-9/h2,5-6,9,13H,3-4,7H2,1H3. The van der Waals surface area contributed by atoms with Crippen molar-refractivity contribution in [2.24, 2.45) is 0 Å². The molecule has 6 heteroatoms. The average molecular weight is 276 g/mol. The third-order valence-corrected chi connectivity index (χ3v) is 4.44. The molecule has 94 valence electrons. The van der Waals surface area contributed by atoms with Crippen LogP contribution < -0.4 is 9.46 Å². The fourth-order valence-electron chi connectivity index (χ4n) is 1.50. The SMILES string of the molecule is COc1cc(CCl)ccc1S(=O)(=O)NC1CC1. The number of sulfonamides is 1. The zero-order chi connectivity index (χ0) is 12.5. The van der Waals surface area contributed by atoms with Crippen molar-refractivity contribution in [1.29, 1.82) is 0 Å². The van der Waals surface area contributed by atoms with Gasteiger partial charge in [0.15, 0.2) is 0 Å². The maximum absolute atomic E-state index is 12.0. The lowest BCUT2D eigenvalue weighted by Crippen LogP contribution is -2.26. The molecule has 0 spiro atoms. The van der Waals surface area contributed by atoms with Gasteiger partial charge in [-0.05, 0) is 30.5 Å². The topological polar surface area (TPSA) is 55.4 Å². The Morgan fingerprint density at radius 1 is 1.47 bits per heavy atom. The third kappa shape index (κ3) is 2.91. The fourth-order valence-corrected chi connectivity index (χ4v) is 3.12. The van der Waals surface area contributed by atoms with Crippen LogP contribution in [-0.4, -0.2) is 21.6 Å². The zero-order valence-electron chi connectivity index (χ0n) is 9.44. The summed E-state index contributed by atoms with van der Waals surface area (Å²) >= 11 is 5.70. The molecule has 0 aliphatic heterocycles. The summed E-state index contributed by atoms with van der Waals surface area (Å²) in [6, 6.07) is 4.95. The van der Waals surface area contributed by atoms with Crippen molar-refractivity contribution >= 4 is 21.6 Å². The van der Waals surface area contributed by atoms with E-state index in [1.807, 2.05) is 0 Å². The Morgan fingerprint density at radius 2 is 2.18 bits per heavy atom. The summed E-state index contributed by atoms with van der Waals surface area (Å²) in [5.41, 5.74) is 0.828. The Hall–Kier alpha value is -0.780. The van der Waals surface area contributed by atoms with E-state index in [0.717, 1.165) is 18.4 Å². The number of benzene rings is 1. The first-order valence-corrected chi connectivity index (χ1v) is 7.34. The van der Waals surface area contributed by atoms with Crippen LogP contribution in [0.15, 0.2) is 23.1 Å². The number of hydrogen-bond acceptors (Lipinski definition) is 3. The van der Waals surface area contributed by atoms with Crippen LogP contribution in [0, 0.1) is 0 Å².